The van der Waals surface area contributed by atoms with Gasteiger partial charge in [-0.05, 0) is 6.42 Å². The van der Waals surface area contributed by atoms with Crippen LogP contribution in [0.15, 0.2) is 0 Å². The van der Waals surface area contributed by atoms with E-state index in [2.05, 4.69) is 21.7 Å². The second kappa shape index (κ2) is 3.87. The number of rotatable bonds is 2. The Hall–Kier alpha value is -0.900. The van der Waals surface area contributed by atoms with Gasteiger partial charge in [-0.25, -0.2) is 0 Å². The van der Waals surface area contributed by atoms with Crippen LogP contribution in [0.2, 0.25) is 0 Å². The molecule has 1 aliphatic heterocycles. The SMILES string of the molecule is CCCc1nnc2n1CCOCC2. The molecule has 1 aromatic rings. The van der Waals surface area contributed by atoms with Crippen molar-refractivity contribution in [1.29, 1.82) is 0 Å². The molecule has 2 rings (SSSR count). The van der Waals surface area contributed by atoms with Gasteiger partial charge in [-0.15, -0.1) is 10.2 Å². The fourth-order valence-electron chi connectivity index (χ4n) is 1.65. The molecule has 0 radical (unpaired) electrons. The average Bonchev–Trinajstić information content (AvgIpc) is 2.38. The highest BCUT2D eigenvalue weighted by Crippen LogP contribution is 2.08. The zero-order valence-corrected chi connectivity index (χ0v) is 7.99. The first-order valence-electron chi connectivity index (χ1n) is 4.90. The molecule has 0 bridgehead atoms. The minimum Gasteiger partial charge on any atom is -0.379 e. The second-order valence-corrected chi connectivity index (χ2v) is 3.30. The summed E-state index contributed by atoms with van der Waals surface area (Å²) in [5, 5.41) is 8.35. The third-order valence-electron chi connectivity index (χ3n) is 2.31. The van der Waals surface area contributed by atoms with Gasteiger partial charge >= 0.3 is 0 Å². The number of hydrogen-bond acceptors (Lipinski definition) is 3. The molecular formula is C9H15N3O. The van der Waals surface area contributed by atoms with Crippen LogP contribution >= 0.6 is 0 Å². The maximum absolute atomic E-state index is 5.38. The summed E-state index contributed by atoms with van der Waals surface area (Å²) < 4.78 is 7.58. The van der Waals surface area contributed by atoms with Gasteiger partial charge in [0, 0.05) is 19.4 Å². The maximum atomic E-state index is 5.38. The molecule has 2 heterocycles. The lowest BCUT2D eigenvalue weighted by Crippen LogP contribution is -2.08. The molecule has 0 unspecified atom stereocenters. The Balaban J connectivity index is 2.23. The Bertz CT molecular complexity index is 282. The number of fused-ring (bicyclic) bond motifs is 1. The van der Waals surface area contributed by atoms with Crippen LogP contribution in [0.3, 0.4) is 0 Å². The van der Waals surface area contributed by atoms with Crippen molar-refractivity contribution in [3.63, 3.8) is 0 Å². The zero-order chi connectivity index (χ0) is 9.10. The van der Waals surface area contributed by atoms with Crippen LogP contribution in [-0.4, -0.2) is 28.0 Å². The highest BCUT2D eigenvalue weighted by molar-refractivity contribution is 4.97. The van der Waals surface area contributed by atoms with E-state index in [-0.39, 0.29) is 0 Å². The van der Waals surface area contributed by atoms with Crippen LogP contribution in [0.4, 0.5) is 0 Å². The van der Waals surface area contributed by atoms with Crippen LogP contribution in [-0.2, 0) is 24.1 Å². The molecule has 0 N–H and O–H groups in total. The summed E-state index contributed by atoms with van der Waals surface area (Å²) in [6.45, 7) is 4.65. The molecule has 4 heteroatoms. The molecule has 0 amide bonds. The summed E-state index contributed by atoms with van der Waals surface area (Å²) in [6, 6.07) is 0. The van der Waals surface area contributed by atoms with Crippen LogP contribution in [0.5, 0.6) is 0 Å². The van der Waals surface area contributed by atoms with Crippen LogP contribution in [0, 0.1) is 0 Å². The van der Waals surface area contributed by atoms with E-state index >= 15 is 0 Å². The minimum absolute atomic E-state index is 0.782. The van der Waals surface area contributed by atoms with Crippen molar-refractivity contribution >= 4 is 0 Å². The molecule has 0 saturated carbocycles. The van der Waals surface area contributed by atoms with E-state index < -0.39 is 0 Å². The Kier molecular flexibility index (Phi) is 2.59. The lowest BCUT2D eigenvalue weighted by atomic mass is 10.3. The third-order valence-corrected chi connectivity index (χ3v) is 2.31. The summed E-state index contributed by atoms with van der Waals surface area (Å²) in [7, 11) is 0. The molecular weight excluding hydrogens is 166 g/mol. The first kappa shape index (κ1) is 8.69. The van der Waals surface area contributed by atoms with E-state index in [0.29, 0.717) is 0 Å². The Morgan fingerprint density at radius 1 is 1.38 bits per heavy atom. The monoisotopic (exact) mass is 181 g/mol. The lowest BCUT2D eigenvalue weighted by molar-refractivity contribution is 0.139. The van der Waals surface area contributed by atoms with Crippen molar-refractivity contribution in [3.05, 3.63) is 11.6 Å². The molecule has 0 atom stereocenters. The van der Waals surface area contributed by atoms with Crippen molar-refractivity contribution in [2.45, 2.75) is 32.7 Å². The van der Waals surface area contributed by atoms with Crippen molar-refractivity contribution in [1.82, 2.24) is 14.8 Å². The third kappa shape index (κ3) is 1.72. The minimum atomic E-state index is 0.782. The maximum Gasteiger partial charge on any atom is 0.135 e. The first-order chi connectivity index (χ1) is 6.42. The summed E-state index contributed by atoms with van der Waals surface area (Å²) in [6.07, 6.45) is 3.04. The standard InChI is InChI=1S/C9H15N3O/c1-2-3-8-10-11-9-4-6-13-7-5-12(8)9/h2-7H2,1H3. The van der Waals surface area contributed by atoms with Crippen molar-refractivity contribution < 1.29 is 4.74 Å². The van der Waals surface area contributed by atoms with Crippen LogP contribution < -0.4 is 0 Å². The van der Waals surface area contributed by atoms with Crippen molar-refractivity contribution in [2.75, 3.05) is 13.2 Å². The average molecular weight is 181 g/mol. The molecule has 0 saturated heterocycles. The van der Waals surface area contributed by atoms with Gasteiger partial charge in [0.15, 0.2) is 0 Å². The van der Waals surface area contributed by atoms with Gasteiger partial charge < -0.3 is 9.30 Å². The number of aromatic nitrogens is 3. The fraction of sp³-hybridized carbons (Fsp3) is 0.778. The lowest BCUT2D eigenvalue weighted by Gasteiger charge is -2.04. The second-order valence-electron chi connectivity index (χ2n) is 3.30. The molecule has 0 aromatic carbocycles. The Morgan fingerprint density at radius 2 is 2.31 bits per heavy atom. The van der Waals surface area contributed by atoms with Gasteiger partial charge in [0.1, 0.15) is 11.6 Å². The zero-order valence-electron chi connectivity index (χ0n) is 7.99. The Labute approximate surface area is 77.9 Å². The van der Waals surface area contributed by atoms with Gasteiger partial charge in [-0.2, -0.15) is 0 Å². The molecule has 13 heavy (non-hydrogen) atoms. The molecule has 0 fully saturated rings. The normalized spacial score (nSPS) is 16.7. The number of hydrogen-bond donors (Lipinski definition) is 0. The van der Waals surface area contributed by atoms with Crippen LogP contribution in [0.25, 0.3) is 0 Å². The number of ether oxygens (including phenoxy) is 1. The van der Waals surface area contributed by atoms with E-state index in [9.17, 15) is 0 Å². The summed E-state index contributed by atoms with van der Waals surface area (Å²) in [5.74, 6) is 2.20. The van der Waals surface area contributed by atoms with Gasteiger partial charge in [-0.3, -0.25) is 0 Å². The predicted octanol–water partition coefficient (Wildman–Crippen LogP) is 0.803. The van der Waals surface area contributed by atoms with Gasteiger partial charge in [0.2, 0.25) is 0 Å². The number of nitrogens with zero attached hydrogens (tertiary/aromatic N) is 3. The Morgan fingerprint density at radius 3 is 3.15 bits per heavy atom. The predicted molar refractivity (Wildman–Crippen MR) is 48.5 cm³/mol. The highest BCUT2D eigenvalue weighted by Gasteiger charge is 2.13. The summed E-state index contributed by atoms with van der Waals surface area (Å²) >= 11 is 0. The van der Waals surface area contributed by atoms with E-state index in [0.717, 1.165) is 50.7 Å². The largest absolute Gasteiger partial charge is 0.379 e. The molecule has 1 aromatic heterocycles. The number of aryl methyl sites for hydroxylation is 1. The molecule has 0 spiro atoms. The van der Waals surface area contributed by atoms with Crippen LogP contribution in [0.1, 0.15) is 25.0 Å². The fourth-order valence-corrected chi connectivity index (χ4v) is 1.65. The van der Waals surface area contributed by atoms with E-state index in [4.69, 9.17) is 4.74 Å². The quantitative estimate of drug-likeness (QED) is 0.677. The van der Waals surface area contributed by atoms with E-state index in [1.807, 2.05) is 0 Å². The van der Waals surface area contributed by atoms with E-state index in [1.165, 1.54) is 0 Å². The first-order valence-corrected chi connectivity index (χ1v) is 4.90. The van der Waals surface area contributed by atoms with Gasteiger partial charge in [0.25, 0.3) is 0 Å². The summed E-state index contributed by atoms with van der Waals surface area (Å²) in [4.78, 5) is 0. The smallest absolute Gasteiger partial charge is 0.135 e. The van der Waals surface area contributed by atoms with Crippen molar-refractivity contribution in [2.24, 2.45) is 0 Å². The van der Waals surface area contributed by atoms with Gasteiger partial charge in [0.05, 0.1) is 13.2 Å². The molecule has 72 valence electrons. The molecule has 1 aliphatic rings. The highest BCUT2D eigenvalue weighted by atomic mass is 16.5. The van der Waals surface area contributed by atoms with Crippen molar-refractivity contribution in [3.8, 4) is 0 Å². The van der Waals surface area contributed by atoms with Gasteiger partial charge in [-0.1, -0.05) is 6.92 Å². The topological polar surface area (TPSA) is 39.9 Å². The molecule has 4 nitrogen and oxygen atoms in total. The van der Waals surface area contributed by atoms with E-state index in [1.54, 1.807) is 0 Å². The molecule has 0 aliphatic carbocycles. The summed E-state index contributed by atoms with van der Waals surface area (Å²) in [5.41, 5.74) is 0.